The summed E-state index contributed by atoms with van der Waals surface area (Å²) in [5.74, 6) is 0. The van der Waals surface area contributed by atoms with Gasteiger partial charge in [-0.1, -0.05) is 64.2 Å². The zero-order chi connectivity index (χ0) is 12.5. The van der Waals surface area contributed by atoms with Crippen LogP contribution in [0.2, 0.25) is 0 Å². The molecular weight excluding hydrogens is 279 g/mol. The normalized spacial score (nSPS) is 13.4. The van der Waals surface area contributed by atoms with Crippen molar-refractivity contribution in [3.8, 4) is 12.5 Å². The van der Waals surface area contributed by atoms with Gasteiger partial charge in [0.15, 0.2) is 0 Å². The molecule has 2 N–H and O–H groups in total. The molecule has 2 aliphatic carbocycles. The second kappa shape index (κ2) is 36.0. The van der Waals surface area contributed by atoms with Gasteiger partial charge in [0.05, 0.1) is 0 Å². The van der Waals surface area contributed by atoms with Crippen LogP contribution in [0.3, 0.4) is 0 Å². The molecule has 0 unspecified atom stereocenters. The van der Waals surface area contributed by atoms with Crippen molar-refractivity contribution in [2.45, 2.75) is 64.2 Å². The molecule has 2 fully saturated rings. The summed E-state index contributed by atoms with van der Waals surface area (Å²) >= 11 is 0. The molecule has 0 aliphatic heterocycles. The predicted molar refractivity (Wildman–Crippen MR) is 74.1 cm³/mol. The van der Waals surface area contributed by atoms with Crippen molar-refractivity contribution in [2.24, 2.45) is 0 Å². The minimum atomic E-state index is 0. The fourth-order valence-corrected chi connectivity index (χ4v) is 1.77. The summed E-state index contributed by atoms with van der Waals surface area (Å²) in [5, 5.41) is 27.5. The zero-order valence-electron chi connectivity index (χ0n) is 12.3. The number of hydrogen-bond donors (Lipinski definition) is 2. The van der Waals surface area contributed by atoms with E-state index in [2.05, 4.69) is 0 Å². The molecule has 0 heterocycles. The predicted octanol–water partition coefficient (Wildman–Crippen LogP) is 4.48. The average molecular weight is 307 g/mol. The molecule has 0 atom stereocenters. The van der Waals surface area contributed by atoms with Crippen LogP contribution in [-0.4, -0.2) is 10.2 Å². The van der Waals surface area contributed by atoms with Crippen LogP contribution in [0, 0.1) is 37.9 Å². The van der Waals surface area contributed by atoms with E-state index in [0.29, 0.717) is 0 Å². The molecule has 0 aromatic heterocycles. The maximum absolute atomic E-state index is 6.88. The number of hydrogen-bond acceptors (Lipinski definition) is 4. The van der Waals surface area contributed by atoms with Crippen LogP contribution < -0.4 is 0 Å². The van der Waals surface area contributed by atoms with Gasteiger partial charge in [-0.15, -0.1) is 0 Å². The van der Waals surface area contributed by atoms with Crippen LogP contribution >= 0.6 is 0 Å². The molecule has 0 bridgehead atoms. The van der Waals surface area contributed by atoms with Crippen molar-refractivity contribution in [1.29, 1.82) is 10.5 Å². The van der Waals surface area contributed by atoms with Crippen LogP contribution in [0.4, 0.5) is 0 Å². The molecule has 19 heavy (non-hydrogen) atoms. The molecule has 4 nitrogen and oxygen atoms in total. The molecule has 2 aliphatic rings. The van der Waals surface area contributed by atoms with Gasteiger partial charge < -0.3 is 25.1 Å². The summed E-state index contributed by atoms with van der Waals surface area (Å²) in [4.78, 5) is 0. The summed E-state index contributed by atoms with van der Waals surface area (Å²) < 4.78 is 0. The Morgan fingerprint density at radius 2 is 0.579 bits per heavy atom. The Morgan fingerprint density at radius 3 is 0.632 bits per heavy atom. The van der Waals surface area contributed by atoms with Gasteiger partial charge in [-0.2, -0.15) is 10.5 Å². The Bertz CT molecular complexity index is 155. The first-order valence-corrected chi connectivity index (χ1v) is 5.89. The van der Waals surface area contributed by atoms with E-state index >= 15 is 0 Å². The Labute approximate surface area is 131 Å². The van der Waals surface area contributed by atoms with Crippen molar-refractivity contribution in [3.05, 3.63) is 14.9 Å². The van der Waals surface area contributed by atoms with Crippen molar-refractivity contribution < 1.29 is 28.8 Å². The first kappa shape index (κ1) is 30.9. The second-order valence-corrected chi connectivity index (χ2v) is 3.74. The first-order valence-electron chi connectivity index (χ1n) is 5.89. The van der Waals surface area contributed by atoms with Gasteiger partial charge >= 0.3 is 18.6 Å². The molecule has 1 radical (unpaired) electrons. The topological polar surface area (TPSA) is 88.0 Å². The van der Waals surface area contributed by atoms with Crippen molar-refractivity contribution in [1.82, 2.24) is 0 Å². The Balaban J connectivity index is -0.0000000450. The van der Waals surface area contributed by atoms with E-state index in [1.165, 1.54) is 64.2 Å². The zero-order valence-corrected chi connectivity index (χ0v) is 13.7. The van der Waals surface area contributed by atoms with Gasteiger partial charge in [0, 0.05) is 0 Å². The Morgan fingerprint density at radius 1 is 0.526 bits per heavy atom. The van der Waals surface area contributed by atoms with Crippen molar-refractivity contribution in [3.63, 3.8) is 0 Å². The summed E-state index contributed by atoms with van der Waals surface area (Å²) in [6, 6.07) is 0. The maximum Gasteiger partial charge on any atom is 2.00 e. The molecule has 0 aromatic rings. The van der Waals surface area contributed by atoms with Gasteiger partial charge in [-0.25, -0.2) is 0 Å². The number of aliphatic hydroxyl groups is 2. The standard InChI is InChI=1S/2C5H10.2CHNO.2CH3.V/c2*1-2-4-5-3-1;2*2-1-3;;;/h2*1-5H2;2*3H;2*1H3;/q;;;;2*-1;+2. The molecule has 0 amide bonds. The Kier molecular flexibility index (Phi) is 58.5. The number of rotatable bonds is 0. The van der Waals surface area contributed by atoms with Crippen molar-refractivity contribution in [2.75, 3.05) is 0 Å². The number of aliphatic hydroxyl groups excluding tert-OH is 2. The van der Waals surface area contributed by atoms with Gasteiger partial charge in [-0.05, 0) is 0 Å². The quantitative estimate of drug-likeness (QED) is 0.510. The van der Waals surface area contributed by atoms with E-state index < -0.39 is 0 Å². The molecule has 2 saturated carbocycles. The molecular formula is C14H28N2O2V. The SMILES string of the molecule is C1CCCC1.C1CCCC1.N#CO.N#CO.[CH3-].[CH3-].[V+2]. The van der Waals surface area contributed by atoms with Gasteiger partial charge in [-0.3, -0.25) is 0 Å². The van der Waals surface area contributed by atoms with E-state index in [0.717, 1.165) is 12.5 Å². The smallest absolute Gasteiger partial charge is 0.443 e. The van der Waals surface area contributed by atoms with Crippen LogP contribution in [0.15, 0.2) is 0 Å². The van der Waals surface area contributed by atoms with Crippen molar-refractivity contribution >= 4 is 0 Å². The van der Waals surface area contributed by atoms with Gasteiger partial charge in [0.1, 0.15) is 0 Å². The molecule has 0 aromatic carbocycles. The largest absolute Gasteiger partial charge is 2.00 e. The summed E-state index contributed by atoms with van der Waals surface area (Å²) in [7, 11) is 0. The minimum Gasteiger partial charge on any atom is -0.443 e. The van der Waals surface area contributed by atoms with E-state index in [9.17, 15) is 0 Å². The molecule has 0 saturated heterocycles. The minimum absolute atomic E-state index is 0. The third-order valence-corrected chi connectivity index (χ3v) is 2.50. The molecule has 0 spiro atoms. The van der Waals surface area contributed by atoms with Gasteiger partial charge in [0.25, 0.3) is 12.5 Å². The van der Waals surface area contributed by atoms with Crippen LogP contribution in [-0.2, 0) is 18.6 Å². The third-order valence-electron chi connectivity index (χ3n) is 2.50. The first-order chi connectivity index (χ1) is 7.83. The second-order valence-electron chi connectivity index (χ2n) is 3.74. The molecule has 111 valence electrons. The number of nitrogens with zero attached hydrogens (tertiary/aromatic N) is 2. The van der Waals surface area contributed by atoms with E-state index in [4.69, 9.17) is 20.7 Å². The summed E-state index contributed by atoms with van der Waals surface area (Å²) in [6.07, 6.45) is 16.5. The van der Waals surface area contributed by atoms with E-state index in [1.54, 1.807) is 0 Å². The molecule has 2 rings (SSSR count). The maximum atomic E-state index is 6.88. The Hall–Kier alpha value is -0.836. The van der Waals surface area contributed by atoms with Crippen LogP contribution in [0.1, 0.15) is 64.2 Å². The fraction of sp³-hybridized carbons (Fsp3) is 0.714. The van der Waals surface area contributed by atoms with Crippen LogP contribution in [0.5, 0.6) is 0 Å². The summed E-state index contributed by atoms with van der Waals surface area (Å²) in [6.45, 7) is 0. The fourth-order valence-electron chi connectivity index (χ4n) is 1.77. The van der Waals surface area contributed by atoms with E-state index in [-0.39, 0.29) is 33.4 Å². The van der Waals surface area contributed by atoms with Crippen LogP contribution in [0.25, 0.3) is 0 Å². The van der Waals surface area contributed by atoms with Gasteiger partial charge in [0.2, 0.25) is 0 Å². The summed E-state index contributed by atoms with van der Waals surface area (Å²) in [5.41, 5.74) is 0. The average Bonchev–Trinajstić information content (AvgIpc) is 3.00. The monoisotopic (exact) mass is 307 g/mol. The number of nitriles is 2. The third kappa shape index (κ3) is 47.0. The van der Waals surface area contributed by atoms with E-state index in [1.807, 2.05) is 0 Å². The molecule has 5 heteroatoms.